The Labute approximate surface area is 139 Å². The van der Waals surface area contributed by atoms with Gasteiger partial charge in [-0.1, -0.05) is 45.0 Å². The molecule has 2 N–H and O–H groups in total. The van der Waals surface area contributed by atoms with Crippen molar-refractivity contribution in [2.75, 3.05) is 13.1 Å². The predicted molar refractivity (Wildman–Crippen MR) is 92.4 cm³/mol. The molecule has 2 aliphatic rings. The van der Waals surface area contributed by atoms with Crippen molar-refractivity contribution in [3.05, 3.63) is 35.4 Å². The van der Waals surface area contributed by atoms with E-state index in [2.05, 4.69) is 55.7 Å². The van der Waals surface area contributed by atoms with Gasteiger partial charge in [0.2, 0.25) is 5.91 Å². The molecular formula is C18H27ClN2O. The molecular weight excluding hydrogens is 296 g/mol. The lowest BCUT2D eigenvalue weighted by Gasteiger charge is -2.38. The van der Waals surface area contributed by atoms with Crippen LogP contribution in [0.25, 0.3) is 0 Å². The number of carbonyl (C=O) groups excluding carboxylic acids is 1. The molecule has 1 heterocycles. The molecule has 4 heteroatoms. The van der Waals surface area contributed by atoms with E-state index in [1.165, 1.54) is 11.1 Å². The molecule has 0 spiro atoms. The quantitative estimate of drug-likeness (QED) is 0.897. The lowest BCUT2D eigenvalue weighted by molar-refractivity contribution is -0.127. The van der Waals surface area contributed by atoms with E-state index in [1.54, 1.807) is 0 Å². The summed E-state index contributed by atoms with van der Waals surface area (Å²) >= 11 is 0. The molecule has 3 nitrogen and oxygen atoms in total. The zero-order valence-electron chi connectivity index (χ0n) is 13.7. The van der Waals surface area contributed by atoms with Crippen molar-refractivity contribution in [1.29, 1.82) is 0 Å². The molecule has 1 aromatic carbocycles. The average molecular weight is 323 g/mol. The van der Waals surface area contributed by atoms with Crippen molar-refractivity contribution in [3.63, 3.8) is 0 Å². The van der Waals surface area contributed by atoms with Gasteiger partial charge in [0.05, 0.1) is 6.04 Å². The summed E-state index contributed by atoms with van der Waals surface area (Å²) in [5.74, 6) is 0.814. The molecule has 0 radical (unpaired) electrons. The molecule has 0 saturated carbocycles. The zero-order chi connectivity index (χ0) is 15.0. The van der Waals surface area contributed by atoms with Gasteiger partial charge in [0.25, 0.3) is 0 Å². The summed E-state index contributed by atoms with van der Waals surface area (Å²) in [4.78, 5) is 12.5. The van der Waals surface area contributed by atoms with E-state index in [-0.39, 0.29) is 35.7 Å². The van der Waals surface area contributed by atoms with Crippen molar-refractivity contribution >= 4 is 18.3 Å². The highest BCUT2D eigenvalue weighted by atomic mass is 35.5. The fraction of sp³-hybridized carbons (Fsp3) is 0.611. The number of hydrogen-bond donors (Lipinski definition) is 2. The van der Waals surface area contributed by atoms with Gasteiger partial charge < -0.3 is 10.6 Å². The van der Waals surface area contributed by atoms with E-state index in [0.717, 1.165) is 25.9 Å². The van der Waals surface area contributed by atoms with E-state index in [4.69, 9.17) is 0 Å². The van der Waals surface area contributed by atoms with E-state index in [0.29, 0.717) is 5.92 Å². The summed E-state index contributed by atoms with van der Waals surface area (Å²) in [7, 11) is 0. The Bertz CT molecular complexity index is 540. The number of benzene rings is 1. The second-order valence-corrected chi connectivity index (χ2v) is 7.28. The summed E-state index contributed by atoms with van der Waals surface area (Å²) in [5.41, 5.74) is 2.90. The molecule has 1 saturated heterocycles. The molecule has 3 rings (SSSR count). The molecule has 22 heavy (non-hydrogen) atoms. The smallest absolute Gasteiger partial charge is 0.223 e. The van der Waals surface area contributed by atoms with Crippen molar-refractivity contribution in [2.45, 2.75) is 45.1 Å². The van der Waals surface area contributed by atoms with Gasteiger partial charge in [0.15, 0.2) is 0 Å². The largest absolute Gasteiger partial charge is 0.349 e. The van der Waals surface area contributed by atoms with E-state index < -0.39 is 0 Å². The Balaban J connectivity index is 0.00000176. The maximum absolute atomic E-state index is 12.5. The molecule has 0 aromatic heterocycles. The summed E-state index contributed by atoms with van der Waals surface area (Å²) in [6.45, 7) is 8.60. The summed E-state index contributed by atoms with van der Waals surface area (Å²) < 4.78 is 0. The molecule has 1 aromatic rings. The highest BCUT2D eigenvalue weighted by Crippen LogP contribution is 2.41. The Morgan fingerprint density at radius 1 is 1.32 bits per heavy atom. The fourth-order valence-corrected chi connectivity index (χ4v) is 3.54. The molecule has 1 fully saturated rings. The maximum atomic E-state index is 12.5. The van der Waals surface area contributed by atoms with Gasteiger partial charge in [0, 0.05) is 5.92 Å². The molecule has 0 bridgehead atoms. The van der Waals surface area contributed by atoms with E-state index in [9.17, 15) is 4.79 Å². The average Bonchev–Trinajstić information content (AvgIpc) is 2.40. The van der Waals surface area contributed by atoms with Crippen LogP contribution in [0.1, 0.15) is 50.8 Å². The van der Waals surface area contributed by atoms with Crippen LogP contribution in [0.2, 0.25) is 0 Å². The summed E-state index contributed by atoms with van der Waals surface area (Å²) in [6.07, 6.45) is 2.15. The number of fused-ring (bicyclic) bond motifs is 1. The van der Waals surface area contributed by atoms with Gasteiger partial charge in [-0.2, -0.15) is 0 Å². The second kappa shape index (κ2) is 6.59. The highest BCUT2D eigenvalue weighted by molar-refractivity contribution is 5.85. The Hall–Kier alpha value is -1.06. The molecule has 1 aliphatic heterocycles. The highest BCUT2D eigenvalue weighted by Gasteiger charge is 2.35. The second-order valence-electron chi connectivity index (χ2n) is 7.28. The first-order chi connectivity index (χ1) is 9.99. The minimum atomic E-state index is 0. The lowest BCUT2D eigenvalue weighted by atomic mass is 9.71. The van der Waals surface area contributed by atoms with Crippen LogP contribution < -0.4 is 10.6 Å². The third-order valence-electron chi connectivity index (χ3n) is 5.37. The first kappa shape index (κ1) is 17.3. The molecule has 1 amide bonds. The third kappa shape index (κ3) is 3.16. The standard InChI is InChI=1S/C18H26N2O.ClH/c1-12(13-10-19-11-13)17(21)20-16-8-9-18(2,3)15-7-5-4-6-14(15)16;/h4-7,12-13,16,19H,8-11H2,1-3H3,(H,20,21);1H. The van der Waals surface area contributed by atoms with E-state index >= 15 is 0 Å². The number of rotatable bonds is 3. The molecule has 2 atom stereocenters. The minimum absolute atomic E-state index is 0. The van der Waals surface area contributed by atoms with Crippen LogP contribution >= 0.6 is 12.4 Å². The third-order valence-corrected chi connectivity index (χ3v) is 5.37. The molecule has 122 valence electrons. The first-order valence-corrected chi connectivity index (χ1v) is 8.09. The number of hydrogen-bond acceptors (Lipinski definition) is 2. The Morgan fingerprint density at radius 3 is 2.64 bits per heavy atom. The Morgan fingerprint density at radius 2 is 2.00 bits per heavy atom. The fourth-order valence-electron chi connectivity index (χ4n) is 3.54. The lowest BCUT2D eigenvalue weighted by Crippen LogP contribution is -2.50. The SMILES string of the molecule is CC(C(=O)NC1CCC(C)(C)c2ccccc21)C1CNC1.Cl. The van der Waals surface area contributed by atoms with E-state index in [1.807, 2.05) is 0 Å². The van der Waals surface area contributed by atoms with Gasteiger partial charge in [0.1, 0.15) is 0 Å². The van der Waals surface area contributed by atoms with Crippen molar-refractivity contribution in [3.8, 4) is 0 Å². The van der Waals surface area contributed by atoms with Crippen LogP contribution in [0.4, 0.5) is 0 Å². The number of carbonyl (C=O) groups is 1. The van der Waals surface area contributed by atoms with Crippen LogP contribution in [0.3, 0.4) is 0 Å². The predicted octanol–water partition coefficient (Wildman–Crippen LogP) is 3.19. The topological polar surface area (TPSA) is 41.1 Å². The van der Waals surface area contributed by atoms with Gasteiger partial charge in [-0.05, 0) is 48.4 Å². The van der Waals surface area contributed by atoms with Gasteiger partial charge in [-0.3, -0.25) is 4.79 Å². The number of amides is 1. The Kier molecular flexibility index (Phi) is 5.18. The van der Waals surface area contributed by atoms with Gasteiger partial charge in [-0.25, -0.2) is 0 Å². The van der Waals surface area contributed by atoms with Crippen LogP contribution in [0.5, 0.6) is 0 Å². The van der Waals surface area contributed by atoms with Crippen LogP contribution in [-0.2, 0) is 10.2 Å². The van der Waals surface area contributed by atoms with Crippen molar-refractivity contribution < 1.29 is 4.79 Å². The molecule has 1 aliphatic carbocycles. The van der Waals surface area contributed by atoms with Gasteiger partial charge >= 0.3 is 0 Å². The first-order valence-electron chi connectivity index (χ1n) is 8.09. The van der Waals surface area contributed by atoms with Gasteiger partial charge in [-0.15, -0.1) is 12.4 Å². The van der Waals surface area contributed by atoms with Crippen LogP contribution in [0, 0.1) is 11.8 Å². The maximum Gasteiger partial charge on any atom is 0.223 e. The monoisotopic (exact) mass is 322 g/mol. The number of halogens is 1. The van der Waals surface area contributed by atoms with Crippen molar-refractivity contribution in [1.82, 2.24) is 10.6 Å². The normalized spacial score (nSPS) is 24.4. The minimum Gasteiger partial charge on any atom is -0.349 e. The molecule has 2 unspecified atom stereocenters. The van der Waals surface area contributed by atoms with Crippen molar-refractivity contribution in [2.24, 2.45) is 11.8 Å². The van der Waals surface area contributed by atoms with Crippen LogP contribution in [0.15, 0.2) is 24.3 Å². The zero-order valence-corrected chi connectivity index (χ0v) is 14.5. The summed E-state index contributed by atoms with van der Waals surface area (Å²) in [5, 5.41) is 6.54. The van der Waals surface area contributed by atoms with Crippen LogP contribution in [-0.4, -0.2) is 19.0 Å². The number of nitrogens with one attached hydrogen (secondary N) is 2. The summed E-state index contributed by atoms with van der Waals surface area (Å²) in [6, 6.07) is 8.76.